The van der Waals surface area contributed by atoms with Crippen LogP contribution in [0.4, 0.5) is 5.69 Å². The van der Waals surface area contributed by atoms with Gasteiger partial charge in [-0.15, -0.1) is 0 Å². The minimum absolute atomic E-state index is 0.128. The molecule has 2 amide bonds. The fraction of sp³-hybridized carbons (Fsp3) is 0.0667. The number of benzene rings is 1. The highest BCUT2D eigenvalue weighted by atomic mass is 16.6. The number of nitrogens with zero attached hydrogens (tertiary/aromatic N) is 1. The Bertz CT molecular complexity index is 719. The number of carbonyl (C=O) groups excluding carboxylic acids is 2. The summed E-state index contributed by atoms with van der Waals surface area (Å²) in [5.41, 5.74) is 5.46. The van der Waals surface area contributed by atoms with Gasteiger partial charge in [0.2, 0.25) is 5.91 Å². The molecule has 7 nitrogen and oxygen atoms in total. The quantitative estimate of drug-likeness (QED) is 0.642. The summed E-state index contributed by atoms with van der Waals surface area (Å²) in [5, 5.41) is 13.4. The fourth-order valence-corrected chi connectivity index (χ4v) is 1.95. The topological polar surface area (TPSA) is 115 Å². The van der Waals surface area contributed by atoms with E-state index in [-0.39, 0.29) is 16.8 Å². The summed E-state index contributed by atoms with van der Waals surface area (Å²) in [7, 11) is 0. The van der Waals surface area contributed by atoms with Gasteiger partial charge in [0.25, 0.3) is 11.6 Å². The zero-order valence-electron chi connectivity index (χ0n) is 11.4. The molecule has 0 bridgehead atoms. The maximum atomic E-state index is 12.2. The molecule has 0 aliphatic heterocycles. The van der Waals surface area contributed by atoms with Crippen molar-refractivity contribution < 1.29 is 14.5 Å². The van der Waals surface area contributed by atoms with Crippen LogP contribution in [0.25, 0.3) is 0 Å². The average Bonchev–Trinajstić information content (AvgIpc) is 2.72. The molecule has 1 aliphatic carbocycles. The number of primary amides is 1. The number of amides is 2. The first-order valence-electron chi connectivity index (χ1n) is 6.39. The molecule has 2 rings (SSSR count). The van der Waals surface area contributed by atoms with Gasteiger partial charge in [-0.2, -0.15) is 0 Å². The maximum absolute atomic E-state index is 12.2. The molecule has 1 aliphatic rings. The number of nitrogens with one attached hydrogen (secondary N) is 1. The third-order valence-electron chi connectivity index (χ3n) is 3.03. The molecular weight excluding hydrogens is 286 g/mol. The Hall–Kier alpha value is -3.22. The number of rotatable bonds is 4. The number of allylic oxidation sites excluding steroid dienone is 4. The van der Waals surface area contributed by atoms with Crippen LogP contribution in [0.3, 0.4) is 0 Å². The molecule has 0 spiro atoms. The molecule has 112 valence electrons. The zero-order chi connectivity index (χ0) is 16.1. The first kappa shape index (κ1) is 15.2. The second-order valence-electron chi connectivity index (χ2n) is 4.51. The number of carbonyl (C=O) groups is 2. The Balaban J connectivity index is 2.22. The van der Waals surface area contributed by atoms with E-state index < -0.39 is 22.8 Å². The van der Waals surface area contributed by atoms with Crippen molar-refractivity contribution in [3.63, 3.8) is 0 Å². The lowest BCUT2D eigenvalue weighted by Gasteiger charge is -2.16. The molecule has 0 aromatic heterocycles. The monoisotopic (exact) mass is 299 g/mol. The van der Waals surface area contributed by atoms with Crippen molar-refractivity contribution in [1.29, 1.82) is 0 Å². The van der Waals surface area contributed by atoms with Gasteiger partial charge in [0.05, 0.1) is 11.0 Å². The van der Waals surface area contributed by atoms with Crippen LogP contribution in [0.1, 0.15) is 10.4 Å². The molecule has 0 radical (unpaired) electrons. The molecule has 0 fully saturated rings. The van der Waals surface area contributed by atoms with Gasteiger partial charge in [-0.05, 0) is 6.07 Å². The van der Waals surface area contributed by atoms with E-state index in [0.717, 1.165) is 0 Å². The molecule has 0 saturated carbocycles. The van der Waals surface area contributed by atoms with Crippen molar-refractivity contribution in [2.24, 2.45) is 5.73 Å². The molecular formula is C15H13N3O4. The van der Waals surface area contributed by atoms with Gasteiger partial charge in [0, 0.05) is 23.3 Å². The highest BCUT2D eigenvalue weighted by Gasteiger charge is 2.20. The normalized spacial score (nSPS) is 16.5. The molecule has 3 N–H and O–H groups in total. The Morgan fingerprint density at radius 1 is 1.23 bits per heavy atom. The van der Waals surface area contributed by atoms with E-state index in [1.54, 1.807) is 24.3 Å². The van der Waals surface area contributed by atoms with E-state index in [1.165, 1.54) is 30.3 Å². The van der Waals surface area contributed by atoms with E-state index >= 15 is 0 Å². The highest BCUT2D eigenvalue weighted by molar-refractivity contribution is 5.98. The smallest absolute Gasteiger partial charge is 0.270 e. The van der Waals surface area contributed by atoms with Crippen LogP contribution in [-0.2, 0) is 4.79 Å². The minimum atomic E-state index is -0.695. The molecule has 1 aromatic carbocycles. The predicted octanol–water partition coefficient (Wildman–Crippen LogP) is 1.23. The van der Waals surface area contributed by atoms with Gasteiger partial charge in [-0.1, -0.05) is 36.4 Å². The van der Waals surface area contributed by atoms with Gasteiger partial charge in [0.1, 0.15) is 0 Å². The van der Waals surface area contributed by atoms with Gasteiger partial charge in [-0.25, -0.2) is 0 Å². The van der Waals surface area contributed by atoms with Crippen LogP contribution in [0.5, 0.6) is 0 Å². The fourth-order valence-electron chi connectivity index (χ4n) is 1.95. The van der Waals surface area contributed by atoms with Crippen LogP contribution < -0.4 is 11.1 Å². The summed E-state index contributed by atoms with van der Waals surface area (Å²) in [4.78, 5) is 33.8. The van der Waals surface area contributed by atoms with Crippen LogP contribution in [-0.4, -0.2) is 22.8 Å². The second kappa shape index (κ2) is 6.49. The minimum Gasteiger partial charge on any atom is -0.366 e. The standard InChI is InChI=1S/C15H13N3O4/c16-14(19)12-7-2-1-3-8-13(12)17-15(20)10-5-4-6-11(9-10)18(21)22/h1-9,13H,(H2,16,19)(H,17,20). The van der Waals surface area contributed by atoms with Crippen molar-refractivity contribution in [2.45, 2.75) is 6.04 Å². The van der Waals surface area contributed by atoms with Crippen molar-refractivity contribution in [3.05, 3.63) is 75.9 Å². The first-order valence-corrected chi connectivity index (χ1v) is 6.39. The number of hydrogen-bond acceptors (Lipinski definition) is 4. The second-order valence-corrected chi connectivity index (χ2v) is 4.51. The number of nitro benzene ring substituents is 1. The molecule has 1 atom stereocenters. The van der Waals surface area contributed by atoms with E-state index in [1.807, 2.05) is 0 Å². The number of hydrogen-bond donors (Lipinski definition) is 2. The Kier molecular flexibility index (Phi) is 4.47. The largest absolute Gasteiger partial charge is 0.366 e. The van der Waals surface area contributed by atoms with Crippen molar-refractivity contribution in [1.82, 2.24) is 5.32 Å². The number of non-ortho nitro benzene ring substituents is 1. The summed E-state index contributed by atoms with van der Waals surface area (Å²) in [5.74, 6) is -1.19. The summed E-state index contributed by atoms with van der Waals surface area (Å²) in [6, 6.07) is 4.64. The van der Waals surface area contributed by atoms with Crippen LogP contribution in [0.15, 0.2) is 60.2 Å². The van der Waals surface area contributed by atoms with Gasteiger partial charge >= 0.3 is 0 Å². The van der Waals surface area contributed by atoms with Gasteiger partial charge < -0.3 is 11.1 Å². The predicted molar refractivity (Wildman–Crippen MR) is 79.9 cm³/mol. The third-order valence-corrected chi connectivity index (χ3v) is 3.03. The van der Waals surface area contributed by atoms with E-state index in [4.69, 9.17) is 5.73 Å². The van der Waals surface area contributed by atoms with Crippen LogP contribution in [0, 0.1) is 10.1 Å². The lowest BCUT2D eigenvalue weighted by molar-refractivity contribution is -0.384. The SMILES string of the molecule is NC(=O)C1=CC=CC=CC1NC(=O)c1cccc([N+](=O)[O-])c1. The number of nitro groups is 1. The third kappa shape index (κ3) is 3.45. The lowest BCUT2D eigenvalue weighted by Crippen LogP contribution is -2.38. The van der Waals surface area contributed by atoms with Crippen molar-refractivity contribution in [3.8, 4) is 0 Å². The van der Waals surface area contributed by atoms with Crippen LogP contribution in [0.2, 0.25) is 0 Å². The Morgan fingerprint density at radius 3 is 2.68 bits per heavy atom. The lowest BCUT2D eigenvalue weighted by atomic mass is 10.1. The van der Waals surface area contributed by atoms with E-state index in [2.05, 4.69) is 5.32 Å². The molecule has 1 aromatic rings. The molecule has 0 heterocycles. The van der Waals surface area contributed by atoms with Crippen LogP contribution >= 0.6 is 0 Å². The summed E-state index contributed by atoms with van der Waals surface area (Å²) < 4.78 is 0. The van der Waals surface area contributed by atoms with Gasteiger partial charge in [0.15, 0.2) is 0 Å². The zero-order valence-corrected chi connectivity index (χ0v) is 11.4. The first-order chi connectivity index (χ1) is 10.5. The molecule has 22 heavy (non-hydrogen) atoms. The molecule has 0 saturated heterocycles. The molecule has 7 heteroatoms. The van der Waals surface area contributed by atoms with Crippen molar-refractivity contribution in [2.75, 3.05) is 0 Å². The summed E-state index contributed by atoms with van der Waals surface area (Å²) in [6.45, 7) is 0. The van der Waals surface area contributed by atoms with E-state index in [0.29, 0.717) is 0 Å². The number of nitrogens with two attached hydrogens (primary N) is 1. The molecule has 1 unspecified atom stereocenters. The summed E-state index contributed by atoms with van der Waals surface area (Å²) >= 11 is 0. The maximum Gasteiger partial charge on any atom is 0.270 e. The van der Waals surface area contributed by atoms with Gasteiger partial charge in [-0.3, -0.25) is 19.7 Å². The average molecular weight is 299 g/mol. The van der Waals surface area contributed by atoms with E-state index in [9.17, 15) is 19.7 Å². The summed E-state index contributed by atoms with van der Waals surface area (Å²) in [6.07, 6.45) is 8.12. The Labute approximate surface area is 126 Å². The Morgan fingerprint density at radius 2 is 2.00 bits per heavy atom. The highest BCUT2D eigenvalue weighted by Crippen LogP contribution is 2.14. The van der Waals surface area contributed by atoms with Crippen molar-refractivity contribution >= 4 is 17.5 Å².